The monoisotopic (exact) mass is 310 g/mol. The van der Waals surface area contributed by atoms with Gasteiger partial charge in [0.1, 0.15) is 0 Å². The fraction of sp³-hybridized carbons (Fsp3) is 0.652. The molecule has 126 valence electrons. The van der Waals surface area contributed by atoms with E-state index in [9.17, 15) is 0 Å². The van der Waals surface area contributed by atoms with Crippen LogP contribution in [0.15, 0.2) is 36.4 Å². The van der Waals surface area contributed by atoms with Crippen molar-refractivity contribution in [3.63, 3.8) is 0 Å². The highest BCUT2D eigenvalue weighted by Gasteiger charge is 2.28. The van der Waals surface area contributed by atoms with Gasteiger partial charge in [-0.1, -0.05) is 81.9 Å². The largest absolute Gasteiger partial charge is 0.0804 e. The zero-order valence-corrected chi connectivity index (χ0v) is 15.0. The molecule has 23 heavy (non-hydrogen) atoms. The summed E-state index contributed by atoms with van der Waals surface area (Å²) in [5.41, 5.74) is 3.04. The van der Waals surface area contributed by atoms with Crippen molar-refractivity contribution >= 4 is 5.57 Å². The molecule has 0 bridgehead atoms. The van der Waals surface area contributed by atoms with Gasteiger partial charge in [0.15, 0.2) is 0 Å². The normalized spacial score (nSPS) is 28.4. The van der Waals surface area contributed by atoms with Gasteiger partial charge in [0.2, 0.25) is 0 Å². The fourth-order valence-electron chi connectivity index (χ4n) is 4.83. The first-order valence-corrected chi connectivity index (χ1v) is 10.1. The summed E-state index contributed by atoms with van der Waals surface area (Å²) in [5, 5.41) is 0. The molecule has 1 saturated carbocycles. The Kier molecular flexibility index (Phi) is 6.37. The van der Waals surface area contributed by atoms with Crippen LogP contribution in [0.5, 0.6) is 0 Å². The maximum atomic E-state index is 2.55. The summed E-state index contributed by atoms with van der Waals surface area (Å²) >= 11 is 0. The van der Waals surface area contributed by atoms with Crippen LogP contribution in [0.1, 0.15) is 83.1 Å². The second kappa shape index (κ2) is 8.71. The van der Waals surface area contributed by atoms with E-state index < -0.39 is 0 Å². The van der Waals surface area contributed by atoms with E-state index >= 15 is 0 Å². The average Bonchev–Trinajstić information content (AvgIpc) is 2.63. The molecule has 3 rings (SSSR count). The van der Waals surface area contributed by atoms with Crippen LogP contribution in [0.2, 0.25) is 0 Å². The van der Waals surface area contributed by atoms with Crippen LogP contribution >= 0.6 is 0 Å². The van der Waals surface area contributed by atoms with Crippen LogP contribution < -0.4 is 0 Å². The molecule has 0 radical (unpaired) electrons. The van der Waals surface area contributed by atoms with E-state index in [-0.39, 0.29) is 0 Å². The molecule has 1 atom stereocenters. The van der Waals surface area contributed by atoms with Gasteiger partial charge in [-0.15, -0.1) is 0 Å². The molecule has 2 aliphatic rings. The Morgan fingerprint density at radius 1 is 0.870 bits per heavy atom. The molecule has 0 nitrogen and oxygen atoms in total. The molecule has 0 heterocycles. The van der Waals surface area contributed by atoms with Gasteiger partial charge in [-0.05, 0) is 61.0 Å². The van der Waals surface area contributed by atoms with Gasteiger partial charge in [-0.3, -0.25) is 0 Å². The lowest BCUT2D eigenvalue weighted by Gasteiger charge is -2.35. The minimum absolute atomic E-state index is 0.971. The Labute approximate surface area is 143 Å². The molecule has 0 saturated heterocycles. The molecule has 0 aliphatic heterocycles. The number of unbranched alkanes of at least 4 members (excludes halogenated alkanes) is 2. The molecular formula is C23H34. The summed E-state index contributed by atoms with van der Waals surface area (Å²) in [6.07, 6.45) is 18.4. The zero-order valence-electron chi connectivity index (χ0n) is 15.0. The number of hydrogen-bond donors (Lipinski definition) is 0. The Morgan fingerprint density at radius 2 is 1.65 bits per heavy atom. The molecule has 0 amide bonds. The third-order valence-electron chi connectivity index (χ3n) is 6.37. The molecule has 0 aromatic heterocycles. The van der Waals surface area contributed by atoms with Crippen LogP contribution in [0.25, 0.3) is 5.57 Å². The van der Waals surface area contributed by atoms with Gasteiger partial charge in [0.05, 0.1) is 0 Å². The van der Waals surface area contributed by atoms with Crippen molar-refractivity contribution in [1.29, 1.82) is 0 Å². The molecule has 2 aliphatic carbocycles. The third kappa shape index (κ3) is 4.72. The highest BCUT2D eigenvalue weighted by atomic mass is 14.3. The lowest BCUT2D eigenvalue weighted by molar-refractivity contribution is 0.187. The summed E-state index contributed by atoms with van der Waals surface area (Å²) < 4.78 is 0. The van der Waals surface area contributed by atoms with Gasteiger partial charge in [-0.2, -0.15) is 0 Å². The van der Waals surface area contributed by atoms with Crippen LogP contribution in [-0.4, -0.2) is 0 Å². The minimum Gasteiger partial charge on any atom is -0.0804 e. The van der Waals surface area contributed by atoms with Crippen LogP contribution in [-0.2, 0) is 0 Å². The standard InChI is InChI=1S/C23H34/c1-2-3-5-8-19-11-13-21(14-12-19)23-17-15-22(16-18-23)20-9-6-4-7-10-20/h4,6-7,9-10,15,19,21,23H,2-3,5,8,11-14,16-18H2,1H3. The summed E-state index contributed by atoms with van der Waals surface area (Å²) in [6, 6.07) is 11.0. The highest BCUT2D eigenvalue weighted by molar-refractivity contribution is 5.66. The van der Waals surface area contributed by atoms with Crippen LogP contribution in [0.3, 0.4) is 0 Å². The summed E-state index contributed by atoms with van der Waals surface area (Å²) in [6.45, 7) is 2.32. The predicted molar refractivity (Wildman–Crippen MR) is 101 cm³/mol. The number of benzene rings is 1. The average molecular weight is 311 g/mol. The highest BCUT2D eigenvalue weighted by Crippen LogP contribution is 2.42. The summed E-state index contributed by atoms with van der Waals surface area (Å²) in [5.74, 6) is 3.04. The number of rotatable bonds is 6. The smallest absolute Gasteiger partial charge is 0.0228 e. The maximum Gasteiger partial charge on any atom is -0.0228 e. The fourth-order valence-corrected chi connectivity index (χ4v) is 4.83. The molecule has 0 spiro atoms. The predicted octanol–water partition coefficient (Wildman–Crippen LogP) is 7.26. The first-order valence-electron chi connectivity index (χ1n) is 10.1. The molecule has 1 unspecified atom stereocenters. The lowest BCUT2D eigenvalue weighted by Crippen LogP contribution is -2.23. The SMILES string of the molecule is CCCCCC1CCC(C2CC=C(c3ccccc3)CC2)CC1. The molecule has 1 aromatic rings. The van der Waals surface area contributed by atoms with E-state index in [0.717, 1.165) is 17.8 Å². The lowest BCUT2D eigenvalue weighted by atomic mass is 9.70. The third-order valence-corrected chi connectivity index (χ3v) is 6.37. The van der Waals surface area contributed by atoms with Crippen molar-refractivity contribution in [1.82, 2.24) is 0 Å². The second-order valence-corrected chi connectivity index (χ2v) is 7.91. The van der Waals surface area contributed by atoms with E-state index in [1.807, 2.05) is 0 Å². The van der Waals surface area contributed by atoms with Gasteiger partial charge in [0, 0.05) is 0 Å². The van der Waals surface area contributed by atoms with Crippen molar-refractivity contribution in [2.75, 3.05) is 0 Å². The van der Waals surface area contributed by atoms with Gasteiger partial charge >= 0.3 is 0 Å². The van der Waals surface area contributed by atoms with Crippen molar-refractivity contribution in [3.8, 4) is 0 Å². The molecule has 1 aromatic carbocycles. The van der Waals surface area contributed by atoms with E-state index in [4.69, 9.17) is 0 Å². The van der Waals surface area contributed by atoms with Crippen LogP contribution in [0, 0.1) is 17.8 Å². The Morgan fingerprint density at radius 3 is 2.30 bits per heavy atom. The van der Waals surface area contributed by atoms with Gasteiger partial charge in [0.25, 0.3) is 0 Å². The summed E-state index contributed by atoms with van der Waals surface area (Å²) in [4.78, 5) is 0. The zero-order chi connectivity index (χ0) is 15.9. The van der Waals surface area contributed by atoms with E-state index in [2.05, 4.69) is 43.3 Å². The summed E-state index contributed by atoms with van der Waals surface area (Å²) in [7, 11) is 0. The topological polar surface area (TPSA) is 0 Å². The van der Waals surface area contributed by atoms with Crippen molar-refractivity contribution in [3.05, 3.63) is 42.0 Å². The molecule has 0 heteroatoms. The van der Waals surface area contributed by atoms with E-state index in [1.165, 1.54) is 76.2 Å². The molecule has 0 N–H and O–H groups in total. The Hall–Kier alpha value is -1.04. The number of hydrogen-bond acceptors (Lipinski definition) is 0. The Balaban J connectivity index is 1.45. The number of allylic oxidation sites excluding steroid dienone is 2. The van der Waals surface area contributed by atoms with Crippen molar-refractivity contribution in [2.45, 2.75) is 77.6 Å². The Bertz CT molecular complexity index is 476. The van der Waals surface area contributed by atoms with Gasteiger partial charge < -0.3 is 0 Å². The van der Waals surface area contributed by atoms with Crippen molar-refractivity contribution < 1.29 is 0 Å². The van der Waals surface area contributed by atoms with Gasteiger partial charge in [-0.25, -0.2) is 0 Å². The first kappa shape index (κ1) is 16.8. The van der Waals surface area contributed by atoms with Crippen LogP contribution in [0.4, 0.5) is 0 Å². The molecular weight excluding hydrogens is 276 g/mol. The minimum atomic E-state index is 0.971. The maximum absolute atomic E-state index is 2.55. The van der Waals surface area contributed by atoms with Crippen molar-refractivity contribution in [2.24, 2.45) is 17.8 Å². The van der Waals surface area contributed by atoms with E-state index in [1.54, 1.807) is 5.57 Å². The second-order valence-electron chi connectivity index (χ2n) is 7.91. The molecule has 1 fully saturated rings. The quantitative estimate of drug-likeness (QED) is 0.485. The van der Waals surface area contributed by atoms with E-state index in [0.29, 0.717) is 0 Å². The first-order chi connectivity index (χ1) is 11.4.